The summed E-state index contributed by atoms with van der Waals surface area (Å²) in [6.45, 7) is 10.9. The zero-order valence-corrected chi connectivity index (χ0v) is 11.3. The third-order valence-electron chi connectivity index (χ3n) is 2.85. The standard InChI is InChI=1S/C13H27NO2/c1-9(2)6-12(8-14)7-13(15)16-11(5)10(3)4/h9-12H,6-8,14H2,1-5H3/t11-,12-/m0/s1. The molecule has 0 unspecified atom stereocenters. The van der Waals surface area contributed by atoms with Crippen LogP contribution in [0.5, 0.6) is 0 Å². The van der Waals surface area contributed by atoms with Gasteiger partial charge in [0.05, 0.1) is 0 Å². The molecule has 0 heterocycles. The van der Waals surface area contributed by atoms with Gasteiger partial charge in [0.15, 0.2) is 0 Å². The Balaban J connectivity index is 4.01. The smallest absolute Gasteiger partial charge is 0.306 e. The lowest BCUT2D eigenvalue weighted by molar-refractivity contribution is -0.151. The molecule has 3 nitrogen and oxygen atoms in total. The maximum atomic E-state index is 11.6. The third kappa shape index (κ3) is 6.83. The van der Waals surface area contributed by atoms with Crippen molar-refractivity contribution in [1.82, 2.24) is 0 Å². The van der Waals surface area contributed by atoms with Crippen molar-refractivity contribution in [3.05, 3.63) is 0 Å². The zero-order valence-electron chi connectivity index (χ0n) is 11.3. The number of rotatable bonds is 7. The average molecular weight is 229 g/mol. The maximum absolute atomic E-state index is 11.6. The molecule has 0 spiro atoms. The van der Waals surface area contributed by atoms with E-state index in [0.717, 1.165) is 6.42 Å². The molecule has 0 saturated carbocycles. The predicted molar refractivity (Wildman–Crippen MR) is 67.0 cm³/mol. The largest absolute Gasteiger partial charge is 0.462 e. The van der Waals surface area contributed by atoms with Crippen LogP contribution in [0.4, 0.5) is 0 Å². The van der Waals surface area contributed by atoms with Crippen molar-refractivity contribution in [1.29, 1.82) is 0 Å². The van der Waals surface area contributed by atoms with Gasteiger partial charge in [-0.05, 0) is 37.6 Å². The fourth-order valence-electron chi connectivity index (χ4n) is 1.56. The van der Waals surface area contributed by atoms with Crippen LogP contribution in [0.3, 0.4) is 0 Å². The van der Waals surface area contributed by atoms with Crippen LogP contribution in [-0.4, -0.2) is 18.6 Å². The Morgan fingerprint density at radius 3 is 2.12 bits per heavy atom. The van der Waals surface area contributed by atoms with Crippen molar-refractivity contribution in [2.45, 2.75) is 53.6 Å². The molecule has 0 aromatic heterocycles. The van der Waals surface area contributed by atoms with Gasteiger partial charge in [0, 0.05) is 6.42 Å². The molecule has 2 atom stereocenters. The number of carbonyl (C=O) groups excluding carboxylic acids is 1. The first-order valence-corrected chi connectivity index (χ1v) is 6.26. The van der Waals surface area contributed by atoms with Gasteiger partial charge in [-0.3, -0.25) is 4.79 Å². The molecule has 0 aliphatic rings. The second kappa shape index (κ2) is 7.66. The summed E-state index contributed by atoms with van der Waals surface area (Å²) >= 11 is 0. The Bertz CT molecular complexity index is 202. The van der Waals surface area contributed by atoms with Crippen molar-refractivity contribution < 1.29 is 9.53 Å². The molecule has 0 fully saturated rings. The lowest BCUT2D eigenvalue weighted by atomic mass is 9.94. The van der Waals surface area contributed by atoms with Crippen LogP contribution in [-0.2, 0) is 9.53 Å². The summed E-state index contributed by atoms with van der Waals surface area (Å²) in [7, 11) is 0. The maximum Gasteiger partial charge on any atom is 0.306 e. The predicted octanol–water partition coefficient (Wildman–Crippen LogP) is 2.59. The van der Waals surface area contributed by atoms with Gasteiger partial charge in [0.2, 0.25) is 0 Å². The van der Waals surface area contributed by atoms with Gasteiger partial charge in [0.25, 0.3) is 0 Å². The van der Waals surface area contributed by atoms with Gasteiger partial charge in [-0.15, -0.1) is 0 Å². The quantitative estimate of drug-likeness (QED) is 0.683. The Morgan fingerprint density at radius 1 is 1.19 bits per heavy atom. The van der Waals surface area contributed by atoms with Gasteiger partial charge in [-0.2, -0.15) is 0 Å². The van der Waals surface area contributed by atoms with Crippen molar-refractivity contribution in [3.8, 4) is 0 Å². The SMILES string of the molecule is CC(C)C[C@H](CN)CC(=O)O[C@@H](C)C(C)C. The first kappa shape index (κ1) is 15.4. The number of esters is 1. The fraction of sp³-hybridized carbons (Fsp3) is 0.923. The molecule has 0 bridgehead atoms. The minimum absolute atomic E-state index is 0.00928. The van der Waals surface area contributed by atoms with E-state index >= 15 is 0 Å². The van der Waals surface area contributed by atoms with Crippen molar-refractivity contribution in [3.63, 3.8) is 0 Å². The molecule has 0 amide bonds. The Morgan fingerprint density at radius 2 is 1.75 bits per heavy atom. The molecular formula is C13H27NO2. The Hall–Kier alpha value is -0.570. The molecule has 0 aliphatic heterocycles. The number of hydrogen-bond donors (Lipinski definition) is 1. The molecule has 16 heavy (non-hydrogen) atoms. The molecular weight excluding hydrogens is 202 g/mol. The Kier molecular flexibility index (Phi) is 7.39. The van der Waals surface area contributed by atoms with E-state index in [1.165, 1.54) is 0 Å². The first-order chi connectivity index (χ1) is 7.36. The van der Waals surface area contributed by atoms with Crippen LogP contribution in [0.25, 0.3) is 0 Å². The van der Waals surface area contributed by atoms with Crippen LogP contribution in [0.2, 0.25) is 0 Å². The van der Waals surface area contributed by atoms with Gasteiger partial charge in [0.1, 0.15) is 6.10 Å². The van der Waals surface area contributed by atoms with Crippen LogP contribution in [0.1, 0.15) is 47.5 Å². The summed E-state index contributed by atoms with van der Waals surface area (Å²) in [6.07, 6.45) is 1.43. The molecule has 2 N–H and O–H groups in total. The van der Waals surface area contributed by atoms with Gasteiger partial charge < -0.3 is 10.5 Å². The van der Waals surface area contributed by atoms with Crippen LogP contribution < -0.4 is 5.73 Å². The molecule has 0 rings (SSSR count). The van der Waals surface area contributed by atoms with Crippen LogP contribution in [0, 0.1) is 17.8 Å². The van der Waals surface area contributed by atoms with Crippen LogP contribution in [0.15, 0.2) is 0 Å². The van der Waals surface area contributed by atoms with E-state index in [-0.39, 0.29) is 18.0 Å². The minimum atomic E-state index is -0.114. The summed E-state index contributed by atoms with van der Waals surface area (Å²) in [5.41, 5.74) is 5.65. The second-order valence-corrected chi connectivity index (χ2v) is 5.37. The first-order valence-electron chi connectivity index (χ1n) is 6.26. The fourth-order valence-corrected chi connectivity index (χ4v) is 1.56. The minimum Gasteiger partial charge on any atom is -0.462 e. The van der Waals surface area contributed by atoms with E-state index in [1.807, 2.05) is 20.8 Å². The van der Waals surface area contributed by atoms with Gasteiger partial charge >= 0.3 is 5.97 Å². The number of carbonyl (C=O) groups is 1. The molecule has 0 aromatic rings. The van der Waals surface area contributed by atoms with E-state index in [2.05, 4.69) is 13.8 Å². The highest BCUT2D eigenvalue weighted by molar-refractivity contribution is 5.69. The van der Waals surface area contributed by atoms with E-state index < -0.39 is 0 Å². The van der Waals surface area contributed by atoms with Crippen molar-refractivity contribution in [2.24, 2.45) is 23.5 Å². The Labute approximate surface area is 99.7 Å². The van der Waals surface area contributed by atoms with Gasteiger partial charge in [-0.1, -0.05) is 27.7 Å². The zero-order chi connectivity index (χ0) is 12.7. The summed E-state index contributed by atoms with van der Waals surface area (Å²) in [5.74, 6) is 1.08. The van der Waals surface area contributed by atoms with Crippen LogP contribution >= 0.6 is 0 Å². The summed E-state index contributed by atoms with van der Waals surface area (Å²) < 4.78 is 5.33. The van der Waals surface area contributed by atoms with Crippen molar-refractivity contribution >= 4 is 5.97 Å². The highest BCUT2D eigenvalue weighted by atomic mass is 16.5. The molecule has 0 radical (unpaired) electrons. The lowest BCUT2D eigenvalue weighted by Gasteiger charge is -2.20. The molecule has 3 heteroatoms. The van der Waals surface area contributed by atoms with E-state index in [0.29, 0.717) is 24.8 Å². The topological polar surface area (TPSA) is 52.3 Å². The van der Waals surface area contributed by atoms with E-state index in [4.69, 9.17) is 10.5 Å². The second-order valence-electron chi connectivity index (χ2n) is 5.37. The molecule has 0 saturated heterocycles. The summed E-state index contributed by atoms with van der Waals surface area (Å²) in [4.78, 5) is 11.6. The number of ether oxygens (including phenoxy) is 1. The van der Waals surface area contributed by atoms with E-state index in [9.17, 15) is 4.79 Å². The van der Waals surface area contributed by atoms with Gasteiger partial charge in [-0.25, -0.2) is 0 Å². The van der Waals surface area contributed by atoms with Crippen molar-refractivity contribution in [2.75, 3.05) is 6.54 Å². The molecule has 0 aliphatic carbocycles. The lowest BCUT2D eigenvalue weighted by Crippen LogP contribution is -2.25. The monoisotopic (exact) mass is 229 g/mol. The highest BCUT2D eigenvalue weighted by Gasteiger charge is 2.18. The van der Waals surface area contributed by atoms with E-state index in [1.54, 1.807) is 0 Å². The summed E-state index contributed by atoms with van der Waals surface area (Å²) in [6, 6.07) is 0. The average Bonchev–Trinajstić information content (AvgIpc) is 2.15. The number of hydrogen-bond acceptors (Lipinski definition) is 3. The number of nitrogens with two attached hydrogens (primary N) is 1. The third-order valence-corrected chi connectivity index (χ3v) is 2.85. The molecule has 96 valence electrons. The summed E-state index contributed by atoms with van der Waals surface area (Å²) in [5, 5.41) is 0. The highest BCUT2D eigenvalue weighted by Crippen LogP contribution is 2.16. The molecule has 0 aromatic carbocycles. The normalized spacial score (nSPS) is 15.2.